The first kappa shape index (κ1) is 11.6. The van der Waals surface area contributed by atoms with Crippen LogP contribution in [0.25, 0.3) is 0 Å². The molecule has 0 unspecified atom stereocenters. The van der Waals surface area contributed by atoms with E-state index in [0.29, 0.717) is 6.10 Å². The molecule has 2 heteroatoms. The highest BCUT2D eigenvalue weighted by Crippen LogP contribution is 2.25. The molecule has 0 spiro atoms. The molecule has 14 heavy (non-hydrogen) atoms. The summed E-state index contributed by atoms with van der Waals surface area (Å²) < 4.78 is 6.83. The van der Waals surface area contributed by atoms with Crippen molar-refractivity contribution < 1.29 is 4.74 Å². The van der Waals surface area contributed by atoms with E-state index in [-0.39, 0.29) is 0 Å². The molecule has 0 aliphatic heterocycles. The number of allylic oxidation sites excluding steroid dienone is 5. The van der Waals surface area contributed by atoms with Crippen LogP contribution in [0.5, 0.6) is 0 Å². The van der Waals surface area contributed by atoms with Crippen LogP contribution in [0.1, 0.15) is 33.1 Å². The molecule has 1 nitrogen and oxygen atoms in total. The minimum atomic E-state index is 0.454. The number of hydrogen-bond donors (Lipinski definition) is 0. The molecule has 1 aliphatic rings. The molecule has 1 aliphatic carbocycles. The van der Waals surface area contributed by atoms with E-state index in [0.717, 1.165) is 10.2 Å². The van der Waals surface area contributed by atoms with Crippen molar-refractivity contribution in [2.45, 2.75) is 39.2 Å². The molecule has 0 aromatic carbocycles. The molecular formula is C12H17BrO. The molecular weight excluding hydrogens is 240 g/mol. The molecule has 0 bridgehead atoms. The Bertz CT molecular complexity index is 259. The number of hydrogen-bond acceptors (Lipinski definition) is 1. The second-order valence-corrected chi connectivity index (χ2v) is 4.28. The third-order valence-corrected chi connectivity index (χ3v) is 3.04. The van der Waals surface area contributed by atoms with E-state index in [9.17, 15) is 0 Å². The number of rotatable bonds is 4. The van der Waals surface area contributed by atoms with Crippen LogP contribution >= 0.6 is 15.9 Å². The minimum Gasteiger partial charge on any atom is -0.491 e. The van der Waals surface area contributed by atoms with Crippen LogP contribution in [-0.4, -0.2) is 6.10 Å². The largest absolute Gasteiger partial charge is 0.491 e. The number of halogens is 1. The molecule has 1 fully saturated rings. The van der Waals surface area contributed by atoms with Crippen LogP contribution in [0, 0.1) is 0 Å². The number of ether oxygens (including phenoxy) is 1. The van der Waals surface area contributed by atoms with Crippen molar-refractivity contribution in [3.8, 4) is 0 Å². The van der Waals surface area contributed by atoms with Crippen LogP contribution < -0.4 is 0 Å². The van der Waals surface area contributed by atoms with Gasteiger partial charge in [-0.2, -0.15) is 0 Å². The second-order valence-electron chi connectivity index (χ2n) is 3.37. The fourth-order valence-electron chi connectivity index (χ4n) is 1.14. The van der Waals surface area contributed by atoms with Crippen molar-refractivity contribution >= 4 is 15.9 Å². The molecule has 78 valence electrons. The van der Waals surface area contributed by atoms with Gasteiger partial charge in [0.05, 0.1) is 6.10 Å². The summed E-state index contributed by atoms with van der Waals surface area (Å²) in [6.07, 6.45) is 12.2. The average Bonchev–Trinajstić information content (AvgIpc) is 2.15. The summed E-state index contributed by atoms with van der Waals surface area (Å²) in [5, 5.41) is 0. The second kappa shape index (κ2) is 6.07. The lowest BCUT2D eigenvalue weighted by molar-refractivity contribution is 0.0589. The maximum absolute atomic E-state index is 5.76. The van der Waals surface area contributed by atoms with Crippen LogP contribution in [0.2, 0.25) is 0 Å². The van der Waals surface area contributed by atoms with Gasteiger partial charge in [-0.3, -0.25) is 0 Å². The molecule has 0 N–H and O–H groups in total. The molecule has 0 amide bonds. The van der Waals surface area contributed by atoms with Crippen molar-refractivity contribution in [3.05, 3.63) is 34.5 Å². The highest BCUT2D eigenvalue weighted by molar-refractivity contribution is 9.11. The van der Waals surface area contributed by atoms with Gasteiger partial charge < -0.3 is 4.74 Å². The zero-order chi connectivity index (χ0) is 10.4. The van der Waals surface area contributed by atoms with Crippen molar-refractivity contribution in [2.24, 2.45) is 0 Å². The van der Waals surface area contributed by atoms with Crippen molar-refractivity contribution in [1.29, 1.82) is 0 Å². The normalized spacial score (nSPS) is 19.9. The van der Waals surface area contributed by atoms with Crippen LogP contribution in [0.15, 0.2) is 34.5 Å². The summed E-state index contributed by atoms with van der Waals surface area (Å²) in [5.41, 5.74) is 0. The van der Waals surface area contributed by atoms with E-state index in [1.54, 1.807) is 0 Å². The topological polar surface area (TPSA) is 9.23 Å². The van der Waals surface area contributed by atoms with Crippen LogP contribution in [-0.2, 0) is 4.74 Å². The van der Waals surface area contributed by atoms with Gasteiger partial charge in [0.1, 0.15) is 5.76 Å². The predicted molar refractivity (Wildman–Crippen MR) is 64.3 cm³/mol. The highest BCUT2D eigenvalue weighted by atomic mass is 79.9. The molecule has 0 aromatic rings. The molecule has 0 radical (unpaired) electrons. The summed E-state index contributed by atoms with van der Waals surface area (Å²) in [5.74, 6) is 0.966. The van der Waals surface area contributed by atoms with Crippen molar-refractivity contribution in [2.75, 3.05) is 0 Å². The molecule has 0 heterocycles. The van der Waals surface area contributed by atoms with Crippen LogP contribution in [0.3, 0.4) is 0 Å². The Kier molecular flexibility index (Phi) is 5.02. The van der Waals surface area contributed by atoms with Crippen molar-refractivity contribution in [1.82, 2.24) is 0 Å². The zero-order valence-electron chi connectivity index (χ0n) is 8.79. The van der Waals surface area contributed by atoms with Gasteiger partial charge in [-0.25, -0.2) is 0 Å². The molecule has 0 saturated heterocycles. The van der Waals surface area contributed by atoms with E-state index in [4.69, 9.17) is 4.74 Å². The third kappa shape index (κ3) is 3.70. The molecule has 0 aromatic heterocycles. The monoisotopic (exact) mass is 256 g/mol. The van der Waals surface area contributed by atoms with Crippen LogP contribution in [0.4, 0.5) is 0 Å². The molecule has 0 atom stereocenters. The van der Waals surface area contributed by atoms with Gasteiger partial charge in [0, 0.05) is 4.48 Å². The first-order valence-corrected chi connectivity index (χ1v) is 5.88. The molecule has 1 rings (SSSR count). The first-order valence-electron chi connectivity index (χ1n) is 5.09. The lowest BCUT2D eigenvalue weighted by Gasteiger charge is -2.26. The van der Waals surface area contributed by atoms with Gasteiger partial charge in [-0.05, 0) is 51.3 Å². The van der Waals surface area contributed by atoms with Gasteiger partial charge in [-0.15, -0.1) is 0 Å². The van der Waals surface area contributed by atoms with E-state index in [1.807, 2.05) is 38.2 Å². The fourth-order valence-corrected chi connectivity index (χ4v) is 1.27. The summed E-state index contributed by atoms with van der Waals surface area (Å²) in [4.78, 5) is 0. The van der Waals surface area contributed by atoms with Crippen molar-refractivity contribution in [3.63, 3.8) is 0 Å². The van der Waals surface area contributed by atoms with Gasteiger partial charge in [-0.1, -0.05) is 22.0 Å². The summed E-state index contributed by atoms with van der Waals surface area (Å²) in [6, 6.07) is 0. The predicted octanol–water partition coefficient (Wildman–Crippen LogP) is 4.31. The quantitative estimate of drug-likeness (QED) is 0.538. The lowest BCUT2D eigenvalue weighted by atomic mass is 9.96. The van der Waals surface area contributed by atoms with Gasteiger partial charge in [0.25, 0.3) is 0 Å². The maximum Gasteiger partial charge on any atom is 0.115 e. The Morgan fingerprint density at radius 1 is 1.21 bits per heavy atom. The smallest absolute Gasteiger partial charge is 0.115 e. The van der Waals surface area contributed by atoms with Gasteiger partial charge in [0.15, 0.2) is 0 Å². The minimum absolute atomic E-state index is 0.454. The highest BCUT2D eigenvalue weighted by Gasteiger charge is 2.18. The first-order chi connectivity index (χ1) is 6.76. The van der Waals surface area contributed by atoms with E-state index < -0.39 is 0 Å². The Hall–Kier alpha value is -0.500. The lowest BCUT2D eigenvalue weighted by Crippen LogP contribution is -2.20. The average molecular weight is 257 g/mol. The zero-order valence-corrected chi connectivity index (χ0v) is 10.4. The van der Waals surface area contributed by atoms with E-state index in [2.05, 4.69) is 15.9 Å². The standard InChI is InChI=1S/C12H17BrO/c1-3-10(13)8-9-11(4-2)14-12-6-5-7-12/h3-4,8-9,12H,5-7H2,1-2H3/b9-8-,10-3+,11-4+. The van der Waals surface area contributed by atoms with E-state index in [1.165, 1.54) is 19.3 Å². The Labute approximate surface area is 94.7 Å². The fraction of sp³-hybridized carbons (Fsp3) is 0.500. The third-order valence-electron chi connectivity index (χ3n) is 2.32. The molecule has 1 saturated carbocycles. The van der Waals surface area contributed by atoms with Gasteiger partial charge in [0.2, 0.25) is 0 Å². The Balaban J connectivity index is 2.42. The Morgan fingerprint density at radius 2 is 1.93 bits per heavy atom. The Morgan fingerprint density at radius 3 is 2.36 bits per heavy atom. The van der Waals surface area contributed by atoms with E-state index >= 15 is 0 Å². The van der Waals surface area contributed by atoms with Gasteiger partial charge >= 0.3 is 0 Å². The summed E-state index contributed by atoms with van der Waals surface area (Å²) in [6.45, 7) is 4.00. The SMILES string of the molecule is C\C=C(Br)/C=C\C(=C/C)OC1CCC1. The summed E-state index contributed by atoms with van der Waals surface area (Å²) in [7, 11) is 0. The maximum atomic E-state index is 5.76. The summed E-state index contributed by atoms with van der Waals surface area (Å²) >= 11 is 3.42.